The second-order valence-corrected chi connectivity index (χ2v) is 5.45. The Labute approximate surface area is 131 Å². The topological polar surface area (TPSA) is 115 Å². The third kappa shape index (κ3) is 3.28. The average molecular weight is 316 g/mol. The van der Waals surface area contributed by atoms with Gasteiger partial charge in [-0.1, -0.05) is 0 Å². The third-order valence-corrected chi connectivity index (χ3v) is 3.81. The number of hydrogen-bond acceptors (Lipinski definition) is 5. The van der Waals surface area contributed by atoms with Gasteiger partial charge in [0.05, 0.1) is 17.5 Å². The van der Waals surface area contributed by atoms with Gasteiger partial charge in [-0.15, -0.1) is 0 Å². The summed E-state index contributed by atoms with van der Waals surface area (Å²) in [6, 6.07) is 3.96. The van der Waals surface area contributed by atoms with E-state index in [0.29, 0.717) is 17.8 Å². The van der Waals surface area contributed by atoms with E-state index in [9.17, 15) is 14.9 Å². The average Bonchev–Trinajstić information content (AvgIpc) is 2.96. The first-order valence-corrected chi connectivity index (χ1v) is 7.22. The van der Waals surface area contributed by atoms with Gasteiger partial charge in [0.1, 0.15) is 12.2 Å². The van der Waals surface area contributed by atoms with Gasteiger partial charge < -0.3 is 10.6 Å². The molecule has 1 atom stereocenters. The Morgan fingerprint density at radius 3 is 3.04 bits per heavy atom. The van der Waals surface area contributed by atoms with Crippen LogP contribution in [0.2, 0.25) is 0 Å². The summed E-state index contributed by atoms with van der Waals surface area (Å²) >= 11 is 0. The van der Waals surface area contributed by atoms with Crippen molar-refractivity contribution in [2.75, 3.05) is 5.32 Å². The van der Waals surface area contributed by atoms with Crippen LogP contribution < -0.4 is 10.6 Å². The molecule has 0 unspecified atom stereocenters. The van der Waals surface area contributed by atoms with E-state index in [1.165, 1.54) is 24.5 Å². The molecule has 0 radical (unpaired) electrons. The Morgan fingerprint density at radius 1 is 1.48 bits per heavy atom. The van der Waals surface area contributed by atoms with E-state index in [0.717, 1.165) is 18.7 Å². The predicted octanol–water partition coefficient (Wildman–Crippen LogP) is 1.63. The number of carbonyl (C=O) groups is 1. The second kappa shape index (κ2) is 6.03. The van der Waals surface area contributed by atoms with Crippen LogP contribution in [-0.2, 0) is 13.0 Å². The minimum Gasteiger partial charge on any atom is -0.333 e. The summed E-state index contributed by atoms with van der Waals surface area (Å²) in [7, 11) is 0. The summed E-state index contributed by atoms with van der Waals surface area (Å²) in [4.78, 5) is 26.5. The molecule has 120 valence electrons. The highest BCUT2D eigenvalue weighted by Crippen LogP contribution is 2.21. The molecule has 9 nitrogen and oxygen atoms in total. The predicted molar refractivity (Wildman–Crippen MR) is 82.1 cm³/mol. The van der Waals surface area contributed by atoms with E-state index in [-0.39, 0.29) is 17.8 Å². The summed E-state index contributed by atoms with van der Waals surface area (Å²) < 4.78 is 1.78. The number of carbonyl (C=O) groups excluding carboxylic acids is 1. The number of nitrogens with zero attached hydrogens (tertiary/aromatic N) is 4. The minimum absolute atomic E-state index is 0.000509. The van der Waals surface area contributed by atoms with Crippen molar-refractivity contribution in [3.05, 3.63) is 46.0 Å². The van der Waals surface area contributed by atoms with Crippen molar-refractivity contribution in [2.45, 2.75) is 32.4 Å². The molecule has 2 N–H and O–H groups in total. The molecular formula is C14H16N6O3. The molecule has 1 aromatic carbocycles. The zero-order valence-corrected chi connectivity index (χ0v) is 12.5. The standard InChI is InChI=1S/C14H16N6O3/c1-9-6-11(20(22)23)3-4-12(9)18-14(21)17-10-2-5-13-15-8-16-19(13)7-10/h3-4,6,8,10H,2,5,7H2,1H3,(H2,17,18,21)/t10-/m1/s1. The van der Waals surface area contributed by atoms with Gasteiger partial charge in [0.25, 0.3) is 5.69 Å². The van der Waals surface area contributed by atoms with Crippen molar-refractivity contribution in [1.29, 1.82) is 0 Å². The van der Waals surface area contributed by atoms with E-state index < -0.39 is 4.92 Å². The van der Waals surface area contributed by atoms with Crippen LogP contribution >= 0.6 is 0 Å². The summed E-state index contributed by atoms with van der Waals surface area (Å²) in [5, 5.41) is 20.4. The van der Waals surface area contributed by atoms with E-state index in [4.69, 9.17) is 0 Å². The summed E-state index contributed by atoms with van der Waals surface area (Å²) in [5.74, 6) is 0.926. The van der Waals surface area contributed by atoms with Crippen molar-refractivity contribution in [2.24, 2.45) is 0 Å². The summed E-state index contributed by atoms with van der Waals surface area (Å²) in [6.07, 6.45) is 3.07. The largest absolute Gasteiger partial charge is 0.333 e. The van der Waals surface area contributed by atoms with E-state index in [1.54, 1.807) is 11.6 Å². The molecule has 0 saturated heterocycles. The lowest BCUT2D eigenvalue weighted by Gasteiger charge is -2.23. The molecule has 0 bridgehead atoms. The highest BCUT2D eigenvalue weighted by molar-refractivity contribution is 5.90. The highest BCUT2D eigenvalue weighted by Gasteiger charge is 2.21. The number of anilines is 1. The number of nitro benzene ring substituents is 1. The lowest BCUT2D eigenvalue weighted by Crippen LogP contribution is -2.43. The summed E-state index contributed by atoms with van der Waals surface area (Å²) in [5.41, 5.74) is 1.18. The van der Waals surface area contributed by atoms with Crippen molar-refractivity contribution in [3.8, 4) is 0 Å². The molecule has 0 fully saturated rings. The van der Waals surface area contributed by atoms with Crippen molar-refractivity contribution < 1.29 is 9.72 Å². The van der Waals surface area contributed by atoms with Gasteiger partial charge in [0.2, 0.25) is 0 Å². The molecule has 2 amide bonds. The Hall–Kier alpha value is -2.97. The number of aromatic nitrogens is 3. The smallest absolute Gasteiger partial charge is 0.319 e. The maximum absolute atomic E-state index is 12.1. The first-order valence-electron chi connectivity index (χ1n) is 7.22. The van der Waals surface area contributed by atoms with Crippen molar-refractivity contribution in [1.82, 2.24) is 20.1 Å². The molecule has 0 saturated carbocycles. The lowest BCUT2D eigenvalue weighted by atomic mass is 10.1. The number of nitro groups is 1. The van der Waals surface area contributed by atoms with Crippen LogP contribution in [0.4, 0.5) is 16.2 Å². The fourth-order valence-electron chi connectivity index (χ4n) is 2.60. The molecule has 1 aliphatic heterocycles. The number of amides is 2. The van der Waals surface area contributed by atoms with E-state index in [1.807, 2.05) is 0 Å². The minimum atomic E-state index is -0.464. The normalized spacial score (nSPS) is 16.5. The number of nitrogens with one attached hydrogen (secondary N) is 2. The number of rotatable bonds is 3. The molecule has 1 aromatic heterocycles. The SMILES string of the molecule is Cc1cc([N+](=O)[O-])ccc1NC(=O)N[C@@H]1CCc2ncnn2C1. The summed E-state index contributed by atoms with van der Waals surface area (Å²) in [6.45, 7) is 2.30. The van der Waals surface area contributed by atoms with Gasteiger partial charge in [-0.25, -0.2) is 14.5 Å². The van der Waals surface area contributed by atoms with Gasteiger partial charge in [-0.2, -0.15) is 5.10 Å². The molecule has 23 heavy (non-hydrogen) atoms. The molecule has 2 heterocycles. The Balaban J connectivity index is 1.61. The Morgan fingerprint density at radius 2 is 2.30 bits per heavy atom. The number of urea groups is 1. The molecule has 1 aliphatic rings. The zero-order valence-electron chi connectivity index (χ0n) is 12.5. The van der Waals surface area contributed by atoms with Crippen LogP contribution in [0.1, 0.15) is 17.8 Å². The monoisotopic (exact) mass is 316 g/mol. The maximum Gasteiger partial charge on any atom is 0.319 e. The lowest BCUT2D eigenvalue weighted by molar-refractivity contribution is -0.384. The quantitative estimate of drug-likeness (QED) is 0.659. The second-order valence-electron chi connectivity index (χ2n) is 5.45. The van der Waals surface area contributed by atoms with Crippen LogP contribution in [0.3, 0.4) is 0 Å². The fraction of sp³-hybridized carbons (Fsp3) is 0.357. The number of aryl methyl sites for hydroxylation is 2. The first kappa shape index (κ1) is 14.9. The third-order valence-electron chi connectivity index (χ3n) is 3.81. The molecule has 9 heteroatoms. The van der Waals surface area contributed by atoms with Crippen LogP contribution in [0, 0.1) is 17.0 Å². The van der Waals surface area contributed by atoms with Gasteiger partial charge in [0.15, 0.2) is 0 Å². The van der Waals surface area contributed by atoms with Crippen LogP contribution in [0.5, 0.6) is 0 Å². The van der Waals surface area contributed by atoms with Gasteiger partial charge in [-0.3, -0.25) is 10.1 Å². The number of non-ortho nitro benzene ring substituents is 1. The van der Waals surface area contributed by atoms with Crippen LogP contribution in [0.25, 0.3) is 0 Å². The first-order chi connectivity index (χ1) is 11.0. The molecule has 0 aliphatic carbocycles. The Bertz CT molecular complexity index is 757. The Kier molecular flexibility index (Phi) is 3.92. The fourth-order valence-corrected chi connectivity index (χ4v) is 2.60. The van der Waals surface area contributed by atoms with Gasteiger partial charge >= 0.3 is 6.03 Å². The highest BCUT2D eigenvalue weighted by atomic mass is 16.6. The van der Waals surface area contributed by atoms with Crippen LogP contribution in [0.15, 0.2) is 24.5 Å². The number of benzene rings is 1. The van der Waals surface area contributed by atoms with Gasteiger partial charge in [0, 0.05) is 24.2 Å². The molecule has 0 spiro atoms. The zero-order chi connectivity index (χ0) is 16.4. The molecular weight excluding hydrogens is 300 g/mol. The van der Waals surface area contributed by atoms with Crippen molar-refractivity contribution >= 4 is 17.4 Å². The van der Waals surface area contributed by atoms with Crippen LogP contribution in [-0.4, -0.2) is 31.8 Å². The van der Waals surface area contributed by atoms with E-state index in [2.05, 4.69) is 20.7 Å². The number of hydrogen-bond donors (Lipinski definition) is 2. The van der Waals surface area contributed by atoms with Crippen molar-refractivity contribution in [3.63, 3.8) is 0 Å². The molecule has 2 aromatic rings. The van der Waals surface area contributed by atoms with E-state index >= 15 is 0 Å². The maximum atomic E-state index is 12.1. The number of fused-ring (bicyclic) bond motifs is 1. The molecule has 3 rings (SSSR count). The van der Waals surface area contributed by atoms with Gasteiger partial charge in [-0.05, 0) is 25.0 Å².